The largest absolute Gasteiger partial charge is 0.466 e. The maximum Gasteiger partial charge on any atom is 0.306 e. The van der Waals surface area contributed by atoms with E-state index in [1.807, 2.05) is 0 Å². The maximum atomic E-state index is 12.7. The standard InChI is InChI=1S/C44H86ClNO5/c1-3-5-7-9-13-23-31-41-50-43(48)34-26-18-14-21-29-37-46(39-40-47)38-30-22-15-19-27-35-44(49)51-42(32-24-16-10-8-6-4-2)33-25-17-11-12-20-28-36-45/h42,47H,3-41H2,1-2H3. The van der Waals surface area contributed by atoms with Crippen LogP contribution < -0.4 is 0 Å². The van der Waals surface area contributed by atoms with Gasteiger partial charge in [0.15, 0.2) is 0 Å². The molecule has 1 atom stereocenters. The zero-order valence-corrected chi connectivity index (χ0v) is 34.8. The van der Waals surface area contributed by atoms with Crippen molar-refractivity contribution in [3.63, 3.8) is 0 Å². The number of carbonyl (C=O) groups excluding carboxylic acids is 2. The molecule has 0 aliphatic carbocycles. The Balaban J connectivity index is 3.96. The van der Waals surface area contributed by atoms with E-state index in [1.165, 1.54) is 109 Å². The summed E-state index contributed by atoms with van der Waals surface area (Å²) < 4.78 is 11.4. The highest BCUT2D eigenvalue weighted by molar-refractivity contribution is 6.17. The van der Waals surface area contributed by atoms with Gasteiger partial charge < -0.3 is 19.5 Å². The van der Waals surface area contributed by atoms with Crippen molar-refractivity contribution in [1.29, 1.82) is 0 Å². The lowest BCUT2D eigenvalue weighted by atomic mass is 10.0. The molecular formula is C44H86ClNO5. The predicted molar refractivity (Wildman–Crippen MR) is 219 cm³/mol. The monoisotopic (exact) mass is 744 g/mol. The van der Waals surface area contributed by atoms with Crippen molar-refractivity contribution >= 4 is 23.5 Å². The molecule has 51 heavy (non-hydrogen) atoms. The number of carbonyl (C=O) groups is 2. The van der Waals surface area contributed by atoms with Gasteiger partial charge in [-0.1, -0.05) is 149 Å². The summed E-state index contributed by atoms with van der Waals surface area (Å²) in [4.78, 5) is 27.1. The molecule has 0 rings (SSSR count). The number of hydrogen-bond donors (Lipinski definition) is 1. The molecule has 0 amide bonds. The third kappa shape index (κ3) is 38.7. The molecule has 7 heteroatoms. The fourth-order valence-electron chi connectivity index (χ4n) is 6.90. The summed E-state index contributed by atoms with van der Waals surface area (Å²) in [5, 5.41) is 9.54. The van der Waals surface area contributed by atoms with Gasteiger partial charge in [-0.05, 0) is 77.3 Å². The van der Waals surface area contributed by atoms with E-state index in [4.69, 9.17) is 21.1 Å². The molecule has 0 saturated carbocycles. The van der Waals surface area contributed by atoms with E-state index < -0.39 is 0 Å². The lowest BCUT2D eigenvalue weighted by Crippen LogP contribution is -2.29. The van der Waals surface area contributed by atoms with E-state index in [0.717, 1.165) is 115 Å². The van der Waals surface area contributed by atoms with Gasteiger partial charge in [0.2, 0.25) is 0 Å². The topological polar surface area (TPSA) is 76.1 Å². The van der Waals surface area contributed by atoms with Crippen LogP contribution in [0.25, 0.3) is 0 Å². The van der Waals surface area contributed by atoms with Crippen molar-refractivity contribution in [1.82, 2.24) is 4.90 Å². The van der Waals surface area contributed by atoms with Gasteiger partial charge in [0.1, 0.15) is 6.10 Å². The van der Waals surface area contributed by atoms with Crippen LogP contribution in [0, 0.1) is 0 Å². The van der Waals surface area contributed by atoms with E-state index in [-0.39, 0.29) is 24.6 Å². The van der Waals surface area contributed by atoms with Crippen LogP contribution in [0.1, 0.15) is 226 Å². The molecule has 0 bridgehead atoms. The van der Waals surface area contributed by atoms with E-state index >= 15 is 0 Å². The Bertz CT molecular complexity index is 724. The second kappa shape index (κ2) is 41.9. The van der Waals surface area contributed by atoms with Crippen molar-refractivity contribution in [2.24, 2.45) is 0 Å². The average Bonchev–Trinajstić information content (AvgIpc) is 3.12. The maximum absolute atomic E-state index is 12.7. The second-order valence-electron chi connectivity index (χ2n) is 15.2. The van der Waals surface area contributed by atoms with E-state index in [0.29, 0.717) is 19.4 Å². The van der Waals surface area contributed by atoms with Gasteiger partial charge in [0, 0.05) is 25.3 Å². The van der Waals surface area contributed by atoms with Crippen molar-refractivity contribution in [3.8, 4) is 0 Å². The van der Waals surface area contributed by atoms with Crippen molar-refractivity contribution in [3.05, 3.63) is 0 Å². The summed E-state index contributed by atoms with van der Waals surface area (Å²) in [5.41, 5.74) is 0. The molecule has 0 aromatic carbocycles. The number of ether oxygens (including phenoxy) is 2. The summed E-state index contributed by atoms with van der Waals surface area (Å²) in [5.74, 6) is 0.734. The number of nitrogens with zero attached hydrogens (tertiary/aromatic N) is 1. The zero-order valence-electron chi connectivity index (χ0n) is 34.1. The van der Waals surface area contributed by atoms with Crippen molar-refractivity contribution in [2.45, 2.75) is 232 Å². The summed E-state index contributed by atoms with van der Waals surface area (Å²) >= 11 is 5.80. The minimum Gasteiger partial charge on any atom is -0.466 e. The number of alkyl halides is 1. The number of aliphatic hydroxyl groups excluding tert-OH is 1. The minimum absolute atomic E-state index is 0.000881. The number of aliphatic hydroxyl groups is 1. The Kier molecular flexibility index (Phi) is 41.2. The van der Waals surface area contributed by atoms with Gasteiger partial charge in [-0.15, -0.1) is 11.6 Å². The molecule has 0 aromatic rings. The molecule has 0 saturated heterocycles. The van der Waals surface area contributed by atoms with Crippen molar-refractivity contribution in [2.75, 3.05) is 38.7 Å². The first-order valence-electron chi connectivity index (χ1n) is 22.3. The summed E-state index contributed by atoms with van der Waals surface area (Å²) in [6.45, 7) is 8.08. The van der Waals surface area contributed by atoms with Crippen LogP contribution >= 0.6 is 11.6 Å². The number of halogens is 1. The highest BCUT2D eigenvalue weighted by Gasteiger charge is 2.14. The Morgan fingerprint density at radius 1 is 0.510 bits per heavy atom. The quantitative estimate of drug-likeness (QED) is 0.0381. The molecular weight excluding hydrogens is 658 g/mol. The van der Waals surface area contributed by atoms with E-state index in [1.54, 1.807) is 0 Å². The average molecular weight is 745 g/mol. The van der Waals surface area contributed by atoms with E-state index in [9.17, 15) is 14.7 Å². The van der Waals surface area contributed by atoms with Gasteiger partial charge in [0.05, 0.1) is 13.2 Å². The van der Waals surface area contributed by atoms with Crippen LogP contribution in [0.3, 0.4) is 0 Å². The van der Waals surface area contributed by atoms with Crippen LogP contribution in [0.4, 0.5) is 0 Å². The van der Waals surface area contributed by atoms with Crippen LogP contribution in [0.5, 0.6) is 0 Å². The minimum atomic E-state index is -0.0337. The summed E-state index contributed by atoms with van der Waals surface area (Å²) in [7, 11) is 0. The highest BCUT2D eigenvalue weighted by Crippen LogP contribution is 2.19. The Morgan fingerprint density at radius 2 is 0.922 bits per heavy atom. The SMILES string of the molecule is CCCCCCCCCOC(=O)CCCCCCCN(CCO)CCCCCCCC(=O)OC(CCCCCCCC)CCCCCCCCCl. The third-order valence-electron chi connectivity index (χ3n) is 10.2. The van der Waals surface area contributed by atoms with Gasteiger partial charge in [-0.3, -0.25) is 9.59 Å². The third-order valence-corrected chi connectivity index (χ3v) is 10.5. The Labute approximate surface area is 322 Å². The molecule has 1 unspecified atom stereocenters. The molecule has 0 spiro atoms. The first-order chi connectivity index (χ1) is 25.1. The zero-order chi connectivity index (χ0) is 37.3. The van der Waals surface area contributed by atoms with Crippen LogP contribution in [0.2, 0.25) is 0 Å². The van der Waals surface area contributed by atoms with Gasteiger partial charge in [-0.2, -0.15) is 0 Å². The predicted octanol–water partition coefficient (Wildman–Crippen LogP) is 12.9. The van der Waals surface area contributed by atoms with Crippen LogP contribution in [-0.2, 0) is 19.1 Å². The molecule has 0 radical (unpaired) electrons. The number of rotatable bonds is 42. The van der Waals surface area contributed by atoms with Crippen molar-refractivity contribution < 1.29 is 24.2 Å². The van der Waals surface area contributed by atoms with Gasteiger partial charge in [0.25, 0.3) is 0 Å². The first kappa shape index (κ1) is 50.1. The Hall–Kier alpha value is -0.850. The molecule has 1 N–H and O–H groups in total. The molecule has 0 fully saturated rings. The fraction of sp³-hybridized carbons (Fsp3) is 0.955. The molecule has 0 aromatic heterocycles. The summed E-state index contributed by atoms with van der Waals surface area (Å²) in [6, 6.07) is 0. The van der Waals surface area contributed by atoms with Gasteiger partial charge in [-0.25, -0.2) is 0 Å². The lowest BCUT2D eigenvalue weighted by molar-refractivity contribution is -0.150. The molecule has 0 aliphatic heterocycles. The Morgan fingerprint density at radius 3 is 1.41 bits per heavy atom. The molecule has 0 aliphatic rings. The van der Waals surface area contributed by atoms with Crippen LogP contribution in [0.15, 0.2) is 0 Å². The summed E-state index contributed by atoms with van der Waals surface area (Å²) in [6.07, 6.45) is 37.6. The molecule has 304 valence electrons. The van der Waals surface area contributed by atoms with Gasteiger partial charge >= 0.3 is 11.9 Å². The smallest absolute Gasteiger partial charge is 0.306 e. The normalized spacial score (nSPS) is 12.1. The first-order valence-corrected chi connectivity index (χ1v) is 22.8. The molecule has 0 heterocycles. The lowest BCUT2D eigenvalue weighted by Gasteiger charge is -2.21. The highest BCUT2D eigenvalue weighted by atomic mass is 35.5. The van der Waals surface area contributed by atoms with E-state index in [2.05, 4.69) is 18.7 Å². The number of unbranched alkanes of at least 4 members (excludes halogenated alkanes) is 24. The fourth-order valence-corrected chi connectivity index (χ4v) is 7.09. The molecule has 6 nitrogen and oxygen atoms in total. The van der Waals surface area contributed by atoms with Crippen LogP contribution in [-0.4, -0.2) is 66.8 Å². The number of hydrogen-bond acceptors (Lipinski definition) is 6. The second-order valence-corrected chi connectivity index (χ2v) is 15.6. The number of esters is 2.